The normalized spacial score (nSPS) is 14.6. The minimum Gasteiger partial charge on any atom is -0.383 e. The number of aliphatic imine (C=N–C) groups is 1. The lowest BCUT2D eigenvalue weighted by molar-refractivity contribution is 0.659. The Labute approximate surface area is 202 Å². The molecule has 5 rings (SSSR count). The molecule has 2 N–H and O–H groups in total. The summed E-state index contributed by atoms with van der Waals surface area (Å²) in [5, 5.41) is 0. The Bertz CT molecular complexity index is 1390. The zero-order valence-corrected chi connectivity index (χ0v) is 20.0. The predicted octanol–water partition coefficient (Wildman–Crippen LogP) is 7.29. The van der Waals surface area contributed by atoms with Gasteiger partial charge in [0.2, 0.25) is 0 Å². The summed E-state index contributed by atoms with van der Waals surface area (Å²) in [6, 6.07) is 34.0. The Morgan fingerprint density at radius 3 is 2.09 bits per heavy atom. The summed E-state index contributed by atoms with van der Waals surface area (Å²) in [5.74, 6) is 0.526. The van der Waals surface area contributed by atoms with E-state index in [4.69, 9.17) is 10.7 Å². The molecule has 4 aromatic rings. The molecule has 0 bridgehead atoms. The van der Waals surface area contributed by atoms with E-state index in [0.717, 1.165) is 23.2 Å². The van der Waals surface area contributed by atoms with Gasteiger partial charge in [-0.2, -0.15) is 0 Å². The maximum atomic E-state index is 6.46. The van der Waals surface area contributed by atoms with Crippen molar-refractivity contribution < 1.29 is 0 Å². The second-order valence-electron chi connectivity index (χ2n) is 9.58. The molecule has 1 aliphatic rings. The van der Waals surface area contributed by atoms with E-state index in [1.165, 1.54) is 33.4 Å². The molecule has 0 saturated heterocycles. The van der Waals surface area contributed by atoms with E-state index in [1.807, 2.05) is 36.4 Å². The van der Waals surface area contributed by atoms with Crippen LogP contribution in [0, 0.1) is 6.92 Å². The third kappa shape index (κ3) is 4.08. The number of allylic oxidation sites excluding steroid dienone is 1. The molecular formula is C32H30N2. The van der Waals surface area contributed by atoms with Crippen molar-refractivity contribution in [3.05, 3.63) is 137 Å². The van der Waals surface area contributed by atoms with E-state index in [0.29, 0.717) is 5.84 Å². The van der Waals surface area contributed by atoms with Gasteiger partial charge in [0.1, 0.15) is 5.84 Å². The van der Waals surface area contributed by atoms with Crippen LogP contribution in [0.4, 0.5) is 0 Å². The molecule has 0 unspecified atom stereocenters. The molecule has 168 valence electrons. The van der Waals surface area contributed by atoms with Gasteiger partial charge in [-0.05, 0) is 47.2 Å². The quantitative estimate of drug-likeness (QED) is 0.256. The SMILES string of the molecule is Cc1ccc2c(c1)C(C)(C)c1cc(/C(=C/Cc3ccccc3)N=C(N)c3ccccc3)ccc1-2. The average Bonchev–Trinajstić information content (AvgIpc) is 3.08. The van der Waals surface area contributed by atoms with Crippen LogP contribution in [0.25, 0.3) is 16.8 Å². The van der Waals surface area contributed by atoms with Crippen LogP contribution in [0.3, 0.4) is 0 Å². The number of aryl methyl sites for hydroxylation is 1. The Balaban J connectivity index is 1.60. The number of hydrogen-bond acceptors (Lipinski definition) is 1. The van der Waals surface area contributed by atoms with Crippen LogP contribution in [0.2, 0.25) is 0 Å². The number of rotatable bonds is 5. The highest BCUT2D eigenvalue weighted by atomic mass is 14.9. The number of benzene rings is 4. The van der Waals surface area contributed by atoms with Crippen molar-refractivity contribution in [2.45, 2.75) is 32.6 Å². The molecule has 4 aromatic carbocycles. The maximum Gasteiger partial charge on any atom is 0.131 e. The average molecular weight is 443 g/mol. The smallest absolute Gasteiger partial charge is 0.131 e. The topological polar surface area (TPSA) is 38.4 Å². The van der Waals surface area contributed by atoms with Crippen molar-refractivity contribution in [1.29, 1.82) is 0 Å². The highest BCUT2D eigenvalue weighted by Gasteiger charge is 2.35. The predicted molar refractivity (Wildman–Crippen MR) is 144 cm³/mol. The largest absolute Gasteiger partial charge is 0.383 e. The molecule has 2 heteroatoms. The highest BCUT2D eigenvalue weighted by molar-refractivity contribution is 6.00. The zero-order valence-electron chi connectivity index (χ0n) is 20.0. The molecule has 0 spiro atoms. The van der Waals surface area contributed by atoms with Gasteiger partial charge in [0.15, 0.2) is 0 Å². The fraction of sp³-hybridized carbons (Fsp3) is 0.156. The van der Waals surface area contributed by atoms with Crippen LogP contribution in [0.15, 0.2) is 108 Å². The van der Waals surface area contributed by atoms with Crippen molar-refractivity contribution in [3.63, 3.8) is 0 Å². The van der Waals surface area contributed by atoms with Crippen molar-refractivity contribution in [2.75, 3.05) is 0 Å². The van der Waals surface area contributed by atoms with Crippen molar-refractivity contribution in [1.82, 2.24) is 0 Å². The number of nitrogens with zero attached hydrogens (tertiary/aromatic N) is 1. The summed E-state index contributed by atoms with van der Waals surface area (Å²) in [6.07, 6.45) is 2.98. The first-order chi connectivity index (χ1) is 16.4. The van der Waals surface area contributed by atoms with Gasteiger partial charge in [-0.25, -0.2) is 4.99 Å². The lowest BCUT2D eigenvalue weighted by atomic mass is 9.81. The molecule has 0 saturated carbocycles. The lowest BCUT2D eigenvalue weighted by Gasteiger charge is -2.22. The van der Waals surface area contributed by atoms with Gasteiger partial charge in [-0.3, -0.25) is 0 Å². The molecule has 0 radical (unpaired) electrons. The molecular weight excluding hydrogens is 412 g/mol. The van der Waals surface area contributed by atoms with E-state index in [9.17, 15) is 0 Å². The maximum absolute atomic E-state index is 6.46. The summed E-state index contributed by atoms with van der Waals surface area (Å²) in [7, 11) is 0. The van der Waals surface area contributed by atoms with Crippen molar-refractivity contribution >= 4 is 11.5 Å². The number of nitrogens with two attached hydrogens (primary N) is 1. The number of hydrogen-bond donors (Lipinski definition) is 1. The molecule has 0 aliphatic heterocycles. The van der Waals surface area contributed by atoms with E-state index < -0.39 is 0 Å². The Morgan fingerprint density at radius 2 is 1.38 bits per heavy atom. The van der Waals surface area contributed by atoms with Gasteiger partial charge in [0.25, 0.3) is 0 Å². The summed E-state index contributed by atoms with van der Waals surface area (Å²) in [4.78, 5) is 4.92. The molecule has 0 heterocycles. The van der Waals surface area contributed by atoms with Crippen LogP contribution >= 0.6 is 0 Å². The third-order valence-corrected chi connectivity index (χ3v) is 6.81. The summed E-state index contributed by atoms with van der Waals surface area (Å²) < 4.78 is 0. The van der Waals surface area contributed by atoms with Crippen LogP contribution in [-0.4, -0.2) is 5.84 Å². The van der Waals surface area contributed by atoms with E-state index >= 15 is 0 Å². The van der Waals surface area contributed by atoms with Gasteiger partial charge in [-0.1, -0.05) is 116 Å². The van der Waals surface area contributed by atoms with Gasteiger partial charge in [0, 0.05) is 16.5 Å². The number of fused-ring (bicyclic) bond motifs is 3. The molecule has 0 fully saturated rings. The van der Waals surface area contributed by atoms with Crippen molar-refractivity contribution in [3.8, 4) is 11.1 Å². The molecule has 0 amide bonds. The van der Waals surface area contributed by atoms with Gasteiger partial charge < -0.3 is 5.73 Å². The van der Waals surface area contributed by atoms with Crippen LogP contribution in [0.5, 0.6) is 0 Å². The first-order valence-electron chi connectivity index (χ1n) is 11.8. The van der Waals surface area contributed by atoms with E-state index in [1.54, 1.807) is 0 Å². The van der Waals surface area contributed by atoms with Crippen LogP contribution in [0.1, 0.15) is 47.2 Å². The van der Waals surface area contributed by atoms with E-state index in [-0.39, 0.29) is 5.41 Å². The zero-order chi connectivity index (χ0) is 23.7. The van der Waals surface area contributed by atoms with Gasteiger partial charge >= 0.3 is 0 Å². The van der Waals surface area contributed by atoms with Crippen LogP contribution < -0.4 is 5.73 Å². The minimum atomic E-state index is -0.0636. The van der Waals surface area contributed by atoms with Gasteiger partial charge in [0.05, 0.1) is 5.70 Å². The van der Waals surface area contributed by atoms with E-state index in [2.05, 4.69) is 87.5 Å². The fourth-order valence-electron chi connectivity index (χ4n) is 4.87. The Kier molecular flexibility index (Phi) is 5.67. The van der Waals surface area contributed by atoms with Gasteiger partial charge in [-0.15, -0.1) is 0 Å². The third-order valence-electron chi connectivity index (χ3n) is 6.81. The Hall–Kier alpha value is -3.91. The first kappa shape index (κ1) is 21.9. The molecule has 34 heavy (non-hydrogen) atoms. The molecule has 2 nitrogen and oxygen atoms in total. The summed E-state index contributed by atoms with van der Waals surface area (Å²) in [5.41, 5.74) is 17.2. The Morgan fingerprint density at radius 1 is 0.765 bits per heavy atom. The molecule has 0 atom stereocenters. The van der Waals surface area contributed by atoms with Crippen LogP contribution in [-0.2, 0) is 11.8 Å². The molecule has 1 aliphatic carbocycles. The lowest BCUT2D eigenvalue weighted by Crippen LogP contribution is -2.15. The minimum absolute atomic E-state index is 0.0636. The van der Waals surface area contributed by atoms with Crippen molar-refractivity contribution in [2.24, 2.45) is 10.7 Å². The first-order valence-corrected chi connectivity index (χ1v) is 11.8. The second kappa shape index (κ2) is 8.79. The standard InChI is InChI=1S/C32H30N2/c1-22-14-17-26-27-18-16-25(21-29(27)32(2,3)28(26)20-22)30(19-15-23-10-6-4-7-11-23)34-31(33)24-12-8-5-9-13-24/h4-14,16-21H,15H2,1-3H3,(H2,33,34)/b30-19-. The monoisotopic (exact) mass is 442 g/mol. The fourth-order valence-corrected chi connectivity index (χ4v) is 4.87. The highest BCUT2D eigenvalue weighted by Crippen LogP contribution is 2.49. The summed E-state index contributed by atoms with van der Waals surface area (Å²) >= 11 is 0. The summed E-state index contributed by atoms with van der Waals surface area (Å²) in [6.45, 7) is 6.79. The second-order valence-corrected chi connectivity index (χ2v) is 9.58. The molecule has 0 aromatic heterocycles. The number of amidine groups is 1.